The number of anilines is 1. The van der Waals surface area contributed by atoms with E-state index < -0.39 is 0 Å². The molecular weight excluding hydrogens is 434 g/mol. The molecule has 176 valence electrons. The minimum absolute atomic E-state index is 0.0876. The third-order valence-electron chi connectivity index (χ3n) is 5.72. The molecule has 7 heteroatoms. The zero-order valence-electron chi connectivity index (χ0n) is 19.9. The molecule has 0 saturated heterocycles. The van der Waals surface area contributed by atoms with E-state index in [1.165, 1.54) is 24.6 Å². The summed E-state index contributed by atoms with van der Waals surface area (Å²) in [5.74, 6) is 0.571. The molecule has 0 bridgehead atoms. The molecule has 0 aromatic heterocycles. The Bertz CT molecular complexity index is 1000. The number of carbonyl (C=O) groups is 2. The molecule has 0 spiro atoms. The van der Waals surface area contributed by atoms with E-state index in [9.17, 15) is 9.59 Å². The SMILES string of the molecule is CCCCN(CC)CCNC(=O)c1ccc2c(c1)N(C)C(=O)/C(=C\c1ccc(OC)cc1)S2. The van der Waals surface area contributed by atoms with Gasteiger partial charge in [0.25, 0.3) is 11.8 Å². The van der Waals surface area contributed by atoms with Crippen molar-refractivity contribution in [2.24, 2.45) is 0 Å². The van der Waals surface area contributed by atoms with Crippen LogP contribution in [0.15, 0.2) is 52.3 Å². The van der Waals surface area contributed by atoms with E-state index in [1.54, 1.807) is 25.1 Å². The topological polar surface area (TPSA) is 61.9 Å². The molecule has 0 atom stereocenters. The zero-order chi connectivity index (χ0) is 23.8. The number of benzene rings is 2. The van der Waals surface area contributed by atoms with Gasteiger partial charge in [0.2, 0.25) is 0 Å². The number of rotatable bonds is 10. The Morgan fingerprint density at radius 3 is 2.58 bits per heavy atom. The minimum atomic E-state index is -0.116. The lowest BCUT2D eigenvalue weighted by molar-refractivity contribution is -0.114. The van der Waals surface area contributed by atoms with Crippen LogP contribution in [0.25, 0.3) is 6.08 Å². The summed E-state index contributed by atoms with van der Waals surface area (Å²) < 4.78 is 5.20. The highest BCUT2D eigenvalue weighted by Gasteiger charge is 2.27. The van der Waals surface area contributed by atoms with Gasteiger partial charge in [-0.05, 0) is 61.5 Å². The van der Waals surface area contributed by atoms with Crippen molar-refractivity contribution in [2.45, 2.75) is 31.6 Å². The second-order valence-corrected chi connectivity index (χ2v) is 9.06. The fourth-order valence-corrected chi connectivity index (χ4v) is 4.72. The summed E-state index contributed by atoms with van der Waals surface area (Å²) in [7, 11) is 3.37. The number of nitrogens with one attached hydrogen (secondary N) is 1. The first-order valence-corrected chi connectivity index (χ1v) is 12.2. The van der Waals surface area contributed by atoms with Gasteiger partial charge in [-0.1, -0.05) is 44.2 Å². The van der Waals surface area contributed by atoms with E-state index in [0.29, 0.717) is 17.0 Å². The fourth-order valence-electron chi connectivity index (χ4n) is 3.63. The quantitative estimate of drug-likeness (QED) is 0.515. The lowest BCUT2D eigenvalue weighted by Gasteiger charge is -2.27. The van der Waals surface area contributed by atoms with Gasteiger partial charge in [0.15, 0.2) is 0 Å². The van der Waals surface area contributed by atoms with Crippen LogP contribution in [-0.2, 0) is 4.79 Å². The molecule has 1 aliphatic heterocycles. The van der Waals surface area contributed by atoms with Gasteiger partial charge in [0, 0.05) is 30.6 Å². The molecule has 2 aromatic rings. The molecule has 0 unspecified atom stereocenters. The first-order valence-electron chi connectivity index (χ1n) is 11.4. The maximum Gasteiger partial charge on any atom is 0.264 e. The minimum Gasteiger partial charge on any atom is -0.497 e. The monoisotopic (exact) mass is 467 g/mol. The Balaban J connectivity index is 1.68. The van der Waals surface area contributed by atoms with Crippen LogP contribution in [0.3, 0.4) is 0 Å². The van der Waals surface area contributed by atoms with Gasteiger partial charge in [-0.15, -0.1) is 0 Å². The summed E-state index contributed by atoms with van der Waals surface area (Å²) in [6.07, 6.45) is 4.21. The number of hydrogen-bond acceptors (Lipinski definition) is 5. The van der Waals surface area contributed by atoms with Crippen molar-refractivity contribution in [2.75, 3.05) is 45.2 Å². The molecule has 0 radical (unpaired) electrons. The largest absolute Gasteiger partial charge is 0.497 e. The van der Waals surface area contributed by atoms with Gasteiger partial charge in [0.05, 0.1) is 17.7 Å². The van der Waals surface area contributed by atoms with E-state index in [-0.39, 0.29) is 11.8 Å². The normalized spacial score (nSPS) is 14.5. The number of ether oxygens (including phenoxy) is 1. The highest BCUT2D eigenvalue weighted by atomic mass is 32.2. The summed E-state index contributed by atoms with van der Waals surface area (Å²) in [6.45, 7) is 7.79. The van der Waals surface area contributed by atoms with Crippen molar-refractivity contribution in [1.82, 2.24) is 10.2 Å². The number of unbranched alkanes of at least 4 members (excludes halogenated alkanes) is 1. The van der Waals surface area contributed by atoms with Crippen LogP contribution in [0, 0.1) is 0 Å². The number of methoxy groups -OCH3 is 1. The predicted molar refractivity (Wildman–Crippen MR) is 136 cm³/mol. The van der Waals surface area contributed by atoms with Crippen molar-refractivity contribution >= 4 is 35.3 Å². The van der Waals surface area contributed by atoms with Crippen molar-refractivity contribution in [3.8, 4) is 5.75 Å². The van der Waals surface area contributed by atoms with Crippen molar-refractivity contribution in [1.29, 1.82) is 0 Å². The Labute approximate surface area is 201 Å². The molecule has 2 amide bonds. The average Bonchev–Trinajstić information content (AvgIpc) is 2.84. The first-order chi connectivity index (χ1) is 16.0. The van der Waals surface area contributed by atoms with Crippen LogP contribution in [0.4, 0.5) is 5.69 Å². The molecule has 0 saturated carbocycles. The lowest BCUT2D eigenvalue weighted by atomic mass is 10.1. The lowest BCUT2D eigenvalue weighted by Crippen LogP contribution is -2.35. The molecule has 6 nitrogen and oxygen atoms in total. The third-order valence-corrected chi connectivity index (χ3v) is 6.80. The van der Waals surface area contributed by atoms with Crippen LogP contribution in [0.5, 0.6) is 5.75 Å². The Morgan fingerprint density at radius 2 is 1.91 bits per heavy atom. The third kappa shape index (κ3) is 6.39. The second kappa shape index (κ2) is 11.9. The van der Waals surface area contributed by atoms with Crippen LogP contribution in [0.1, 0.15) is 42.6 Å². The number of amides is 2. The molecule has 33 heavy (non-hydrogen) atoms. The van der Waals surface area contributed by atoms with Crippen molar-refractivity contribution in [3.05, 3.63) is 58.5 Å². The first kappa shape index (κ1) is 24.9. The van der Waals surface area contributed by atoms with Gasteiger partial charge >= 0.3 is 0 Å². The molecule has 0 fully saturated rings. The van der Waals surface area contributed by atoms with E-state index in [0.717, 1.165) is 41.5 Å². The highest BCUT2D eigenvalue weighted by Crippen LogP contribution is 2.42. The summed E-state index contributed by atoms with van der Waals surface area (Å²) in [6, 6.07) is 13.1. The highest BCUT2D eigenvalue weighted by molar-refractivity contribution is 8.04. The molecule has 1 heterocycles. The standard InChI is InChI=1S/C26H33N3O3S/c1-5-7-15-29(6-2)16-14-27-25(30)20-10-13-23-22(18-20)28(3)26(31)24(33-23)17-19-8-11-21(32-4)12-9-19/h8-13,17-18H,5-7,14-16H2,1-4H3,(H,27,30)/b24-17+. The average molecular weight is 468 g/mol. The van der Waals surface area contributed by atoms with Crippen LogP contribution in [0.2, 0.25) is 0 Å². The van der Waals surface area contributed by atoms with E-state index >= 15 is 0 Å². The van der Waals surface area contributed by atoms with Crippen molar-refractivity contribution in [3.63, 3.8) is 0 Å². The number of thioether (sulfide) groups is 1. The van der Waals surface area contributed by atoms with Crippen LogP contribution >= 0.6 is 11.8 Å². The number of nitrogens with zero attached hydrogens (tertiary/aromatic N) is 2. The van der Waals surface area contributed by atoms with Gasteiger partial charge in [-0.2, -0.15) is 0 Å². The maximum absolute atomic E-state index is 13.0. The van der Waals surface area contributed by atoms with Gasteiger partial charge in [0.1, 0.15) is 5.75 Å². The van der Waals surface area contributed by atoms with Gasteiger partial charge in [-0.25, -0.2) is 0 Å². The van der Waals surface area contributed by atoms with E-state index in [4.69, 9.17) is 4.74 Å². The number of likely N-dealkylation sites (N-methyl/N-ethyl adjacent to an activating group) is 2. The summed E-state index contributed by atoms with van der Waals surface area (Å²) in [4.78, 5) is 31.2. The summed E-state index contributed by atoms with van der Waals surface area (Å²) in [5, 5.41) is 3.01. The number of carbonyl (C=O) groups excluding carboxylic acids is 2. The van der Waals surface area contributed by atoms with E-state index in [2.05, 4.69) is 24.1 Å². The second-order valence-electron chi connectivity index (χ2n) is 7.97. The Kier molecular flexibility index (Phi) is 8.97. The predicted octanol–water partition coefficient (Wildman–Crippen LogP) is 4.66. The molecule has 0 aliphatic carbocycles. The molecule has 2 aromatic carbocycles. The van der Waals surface area contributed by atoms with E-state index in [1.807, 2.05) is 42.5 Å². The fraction of sp³-hybridized carbons (Fsp3) is 0.385. The Morgan fingerprint density at radius 1 is 1.15 bits per heavy atom. The van der Waals surface area contributed by atoms with Crippen molar-refractivity contribution < 1.29 is 14.3 Å². The van der Waals surface area contributed by atoms with Gasteiger partial charge < -0.3 is 19.9 Å². The van der Waals surface area contributed by atoms with Crippen LogP contribution < -0.4 is 15.0 Å². The molecule has 3 rings (SSSR count). The smallest absolute Gasteiger partial charge is 0.264 e. The zero-order valence-corrected chi connectivity index (χ0v) is 20.7. The molecular formula is C26H33N3O3S. The number of hydrogen-bond donors (Lipinski definition) is 1. The Hall–Kier alpha value is -2.77. The van der Waals surface area contributed by atoms with Gasteiger partial charge in [-0.3, -0.25) is 9.59 Å². The summed E-state index contributed by atoms with van der Waals surface area (Å²) >= 11 is 1.43. The van der Waals surface area contributed by atoms with Crippen LogP contribution in [-0.4, -0.2) is 57.1 Å². The maximum atomic E-state index is 13.0. The molecule has 1 N–H and O–H groups in total. The number of fused-ring (bicyclic) bond motifs is 1. The molecule has 1 aliphatic rings. The summed E-state index contributed by atoms with van der Waals surface area (Å²) in [5.41, 5.74) is 2.25.